The molecule has 1 aromatic rings. The van der Waals surface area contributed by atoms with Gasteiger partial charge < -0.3 is 4.74 Å². The van der Waals surface area contributed by atoms with E-state index in [1.54, 1.807) is 6.20 Å². The Morgan fingerprint density at radius 2 is 2.20 bits per heavy atom. The second-order valence-corrected chi connectivity index (χ2v) is 4.95. The first-order valence-corrected chi connectivity index (χ1v) is 6.17. The zero-order valence-corrected chi connectivity index (χ0v) is 9.68. The Morgan fingerprint density at radius 3 is 2.87 bits per heavy atom. The van der Waals surface area contributed by atoms with E-state index >= 15 is 0 Å². The maximum Gasteiger partial charge on any atom is 0.349 e. The average molecular weight is 225 g/mol. The number of hydrogen-bond donors (Lipinski definition) is 0. The highest BCUT2D eigenvalue weighted by Gasteiger charge is 2.20. The summed E-state index contributed by atoms with van der Waals surface area (Å²) in [6, 6.07) is 0. The number of carbonyl (C=O) groups excluding carboxylic acids is 1. The standard InChI is InChI=1S/C11H15NO2S/c1-14-11(13)9-7-12-10(15-9)8-5-3-2-4-6-8/h7-8H,2-6H2,1H3. The molecule has 0 spiro atoms. The van der Waals surface area contributed by atoms with Gasteiger partial charge in [-0.1, -0.05) is 19.3 Å². The molecule has 1 saturated carbocycles. The Hall–Kier alpha value is -0.900. The van der Waals surface area contributed by atoms with E-state index in [-0.39, 0.29) is 5.97 Å². The minimum Gasteiger partial charge on any atom is -0.465 e. The van der Waals surface area contributed by atoms with Gasteiger partial charge in [-0.15, -0.1) is 11.3 Å². The van der Waals surface area contributed by atoms with Gasteiger partial charge >= 0.3 is 5.97 Å². The molecule has 0 unspecified atom stereocenters. The van der Waals surface area contributed by atoms with Gasteiger partial charge in [-0.05, 0) is 12.8 Å². The summed E-state index contributed by atoms with van der Waals surface area (Å²) in [5.74, 6) is 0.303. The van der Waals surface area contributed by atoms with Gasteiger partial charge in [-0.25, -0.2) is 9.78 Å². The monoisotopic (exact) mass is 225 g/mol. The van der Waals surface area contributed by atoms with Gasteiger partial charge in [0, 0.05) is 5.92 Å². The van der Waals surface area contributed by atoms with Crippen molar-refractivity contribution >= 4 is 17.3 Å². The first-order chi connectivity index (χ1) is 7.31. The second-order valence-electron chi connectivity index (χ2n) is 3.89. The van der Waals surface area contributed by atoms with Crippen LogP contribution in [0.25, 0.3) is 0 Å². The summed E-state index contributed by atoms with van der Waals surface area (Å²) in [7, 11) is 1.41. The molecule has 1 aromatic heterocycles. The van der Waals surface area contributed by atoms with Crippen LogP contribution >= 0.6 is 11.3 Å². The first kappa shape index (κ1) is 10.6. The Kier molecular flexibility index (Phi) is 3.36. The molecule has 0 aliphatic heterocycles. The summed E-state index contributed by atoms with van der Waals surface area (Å²) in [4.78, 5) is 16.2. The van der Waals surface area contributed by atoms with Gasteiger partial charge in [-0.3, -0.25) is 0 Å². The molecule has 15 heavy (non-hydrogen) atoms. The van der Waals surface area contributed by atoms with Crippen molar-refractivity contribution in [1.82, 2.24) is 4.98 Å². The summed E-state index contributed by atoms with van der Waals surface area (Å²) < 4.78 is 4.67. The van der Waals surface area contributed by atoms with E-state index in [0.717, 1.165) is 5.01 Å². The van der Waals surface area contributed by atoms with E-state index in [4.69, 9.17) is 0 Å². The molecular weight excluding hydrogens is 210 g/mol. The first-order valence-electron chi connectivity index (χ1n) is 5.35. The quantitative estimate of drug-likeness (QED) is 0.726. The van der Waals surface area contributed by atoms with Gasteiger partial charge in [0.05, 0.1) is 18.3 Å². The van der Waals surface area contributed by atoms with Crippen LogP contribution in [0.4, 0.5) is 0 Å². The minimum atomic E-state index is -0.269. The van der Waals surface area contributed by atoms with Crippen molar-refractivity contribution in [2.45, 2.75) is 38.0 Å². The van der Waals surface area contributed by atoms with Crippen LogP contribution < -0.4 is 0 Å². The number of carbonyl (C=O) groups is 1. The normalized spacial score (nSPS) is 17.7. The van der Waals surface area contributed by atoms with Crippen molar-refractivity contribution in [2.75, 3.05) is 7.11 Å². The topological polar surface area (TPSA) is 39.2 Å². The van der Waals surface area contributed by atoms with E-state index < -0.39 is 0 Å². The fourth-order valence-electron chi connectivity index (χ4n) is 2.02. The Balaban J connectivity index is 2.08. The Labute approximate surface area is 93.5 Å². The molecular formula is C11H15NO2S. The highest BCUT2D eigenvalue weighted by molar-refractivity contribution is 7.13. The van der Waals surface area contributed by atoms with Crippen molar-refractivity contribution in [2.24, 2.45) is 0 Å². The maximum atomic E-state index is 11.3. The van der Waals surface area contributed by atoms with Crippen LogP contribution in [-0.4, -0.2) is 18.1 Å². The van der Waals surface area contributed by atoms with Crippen LogP contribution in [-0.2, 0) is 4.74 Å². The molecule has 3 nitrogen and oxygen atoms in total. The van der Waals surface area contributed by atoms with Crippen LogP contribution in [0.1, 0.15) is 52.7 Å². The zero-order valence-electron chi connectivity index (χ0n) is 8.86. The summed E-state index contributed by atoms with van der Waals surface area (Å²) in [5, 5.41) is 1.11. The number of rotatable bonds is 2. The predicted molar refractivity (Wildman–Crippen MR) is 59.3 cm³/mol. The van der Waals surface area contributed by atoms with Gasteiger partial charge in [0.1, 0.15) is 4.88 Å². The van der Waals surface area contributed by atoms with Gasteiger partial charge in [-0.2, -0.15) is 0 Å². The van der Waals surface area contributed by atoms with Crippen molar-refractivity contribution in [3.63, 3.8) is 0 Å². The minimum absolute atomic E-state index is 0.269. The molecule has 4 heteroatoms. The number of thiazole rings is 1. The summed E-state index contributed by atoms with van der Waals surface area (Å²) in [6.07, 6.45) is 7.99. The molecule has 0 atom stereocenters. The van der Waals surface area contributed by atoms with E-state index in [2.05, 4.69) is 9.72 Å². The van der Waals surface area contributed by atoms with Gasteiger partial charge in [0.2, 0.25) is 0 Å². The van der Waals surface area contributed by atoms with Gasteiger partial charge in [0.25, 0.3) is 0 Å². The molecule has 0 radical (unpaired) electrons. The van der Waals surface area contributed by atoms with E-state index in [0.29, 0.717) is 10.8 Å². The molecule has 0 saturated heterocycles. The lowest BCUT2D eigenvalue weighted by atomic mass is 9.90. The van der Waals surface area contributed by atoms with Crippen molar-refractivity contribution in [3.05, 3.63) is 16.1 Å². The van der Waals surface area contributed by atoms with Gasteiger partial charge in [0.15, 0.2) is 0 Å². The largest absolute Gasteiger partial charge is 0.465 e. The number of ether oxygens (including phenoxy) is 1. The fraction of sp³-hybridized carbons (Fsp3) is 0.636. The highest BCUT2D eigenvalue weighted by atomic mass is 32.1. The molecule has 0 N–H and O–H groups in total. The van der Waals surface area contributed by atoms with Crippen molar-refractivity contribution in [3.8, 4) is 0 Å². The molecule has 2 rings (SSSR count). The zero-order chi connectivity index (χ0) is 10.7. The lowest BCUT2D eigenvalue weighted by Gasteiger charge is -2.18. The fourth-order valence-corrected chi connectivity index (χ4v) is 3.03. The number of nitrogens with zero attached hydrogens (tertiary/aromatic N) is 1. The maximum absolute atomic E-state index is 11.3. The second kappa shape index (κ2) is 4.75. The van der Waals surface area contributed by atoms with Crippen LogP contribution in [0, 0.1) is 0 Å². The Bertz CT molecular complexity index is 342. The molecule has 82 valence electrons. The van der Waals surface area contributed by atoms with E-state index in [9.17, 15) is 4.79 Å². The third kappa shape index (κ3) is 2.37. The molecule has 1 aliphatic rings. The van der Waals surface area contributed by atoms with E-state index in [1.807, 2.05) is 0 Å². The molecule has 0 aromatic carbocycles. The summed E-state index contributed by atoms with van der Waals surface area (Å²) >= 11 is 1.49. The molecule has 1 heterocycles. The SMILES string of the molecule is COC(=O)c1cnc(C2CCCCC2)s1. The van der Waals surface area contributed by atoms with Crippen LogP contribution in [0.2, 0.25) is 0 Å². The number of methoxy groups -OCH3 is 1. The molecule has 1 aliphatic carbocycles. The third-order valence-electron chi connectivity index (χ3n) is 2.86. The summed E-state index contributed by atoms with van der Waals surface area (Å²) in [5.41, 5.74) is 0. The van der Waals surface area contributed by atoms with Crippen LogP contribution in [0.5, 0.6) is 0 Å². The summed E-state index contributed by atoms with van der Waals surface area (Å²) in [6.45, 7) is 0. The average Bonchev–Trinajstić information content (AvgIpc) is 2.78. The van der Waals surface area contributed by atoms with Crippen molar-refractivity contribution < 1.29 is 9.53 Å². The Morgan fingerprint density at radius 1 is 1.47 bits per heavy atom. The number of aromatic nitrogens is 1. The smallest absolute Gasteiger partial charge is 0.349 e. The van der Waals surface area contributed by atoms with Crippen molar-refractivity contribution in [1.29, 1.82) is 0 Å². The molecule has 0 amide bonds. The predicted octanol–water partition coefficient (Wildman–Crippen LogP) is 2.98. The third-order valence-corrected chi connectivity index (χ3v) is 4.00. The highest BCUT2D eigenvalue weighted by Crippen LogP contribution is 2.34. The molecule has 0 bridgehead atoms. The number of esters is 1. The number of hydrogen-bond acceptors (Lipinski definition) is 4. The lowest BCUT2D eigenvalue weighted by molar-refractivity contribution is 0.0606. The molecule has 1 fully saturated rings. The lowest BCUT2D eigenvalue weighted by Crippen LogP contribution is -2.03. The van der Waals surface area contributed by atoms with Crippen LogP contribution in [0.3, 0.4) is 0 Å². The van der Waals surface area contributed by atoms with Crippen LogP contribution in [0.15, 0.2) is 6.20 Å². The van der Waals surface area contributed by atoms with E-state index in [1.165, 1.54) is 50.6 Å².